The normalized spacial score (nSPS) is 17.7. The molecule has 0 aliphatic heterocycles. The molecule has 2 aliphatic rings. The SMILES string of the molecule is C=C(/N=C(\C1=C(C)C(c2ccccc2)(c2ccccc2)C2=CC=CC(C)CC21)c1cccc2ccccc12)c1ccc(-c2ccc(-c3ccccc3)cc2)cc1. The second-order valence-corrected chi connectivity index (χ2v) is 15.2. The van der Waals surface area contributed by atoms with Crippen molar-refractivity contribution < 1.29 is 0 Å². The largest absolute Gasteiger partial charge is 0.248 e. The Hall–Kier alpha value is -6.57. The Morgan fingerprint density at radius 1 is 0.589 bits per heavy atom. The fourth-order valence-electron chi connectivity index (χ4n) is 9.27. The summed E-state index contributed by atoms with van der Waals surface area (Å²) < 4.78 is 0. The van der Waals surface area contributed by atoms with E-state index in [4.69, 9.17) is 4.99 Å². The first-order valence-electron chi connectivity index (χ1n) is 19.8. The molecule has 1 nitrogen and oxygen atoms in total. The Morgan fingerprint density at radius 3 is 1.73 bits per heavy atom. The Balaban J connectivity index is 1.21. The van der Waals surface area contributed by atoms with Crippen molar-refractivity contribution in [3.63, 3.8) is 0 Å². The van der Waals surface area contributed by atoms with E-state index < -0.39 is 5.41 Å². The van der Waals surface area contributed by atoms with Crippen molar-refractivity contribution in [3.05, 3.63) is 246 Å². The number of rotatable bonds is 8. The highest BCUT2D eigenvalue weighted by atomic mass is 14.8. The van der Waals surface area contributed by atoms with Crippen LogP contribution in [0.3, 0.4) is 0 Å². The lowest BCUT2D eigenvalue weighted by molar-refractivity contribution is 0.542. The van der Waals surface area contributed by atoms with Gasteiger partial charge >= 0.3 is 0 Å². The molecule has 2 atom stereocenters. The summed E-state index contributed by atoms with van der Waals surface area (Å²) >= 11 is 0. The van der Waals surface area contributed by atoms with Crippen molar-refractivity contribution >= 4 is 22.2 Å². The zero-order valence-corrected chi connectivity index (χ0v) is 32.1. The Kier molecular flexibility index (Phi) is 9.37. The van der Waals surface area contributed by atoms with E-state index in [-0.39, 0.29) is 5.92 Å². The van der Waals surface area contributed by atoms with E-state index >= 15 is 0 Å². The van der Waals surface area contributed by atoms with Gasteiger partial charge in [0.2, 0.25) is 0 Å². The minimum atomic E-state index is -0.457. The van der Waals surface area contributed by atoms with Gasteiger partial charge in [0.15, 0.2) is 0 Å². The molecule has 270 valence electrons. The van der Waals surface area contributed by atoms with E-state index in [9.17, 15) is 0 Å². The fraction of sp³-hybridized carbons (Fsp3) is 0.109. The van der Waals surface area contributed by atoms with Crippen LogP contribution < -0.4 is 0 Å². The first-order chi connectivity index (χ1) is 27.5. The van der Waals surface area contributed by atoms with E-state index in [1.165, 1.54) is 60.9 Å². The van der Waals surface area contributed by atoms with Crippen LogP contribution in [-0.2, 0) is 5.41 Å². The second-order valence-electron chi connectivity index (χ2n) is 15.2. The van der Waals surface area contributed by atoms with Gasteiger partial charge in [-0.25, -0.2) is 4.99 Å². The number of allylic oxidation sites excluding steroid dienone is 6. The van der Waals surface area contributed by atoms with Gasteiger partial charge < -0.3 is 0 Å². The quantitative estimate of drug-likeness (QED) is 0.139. The van der Waals surface area contributed by atoms with Gasteiger partial charge in [-0.05, 0) is 85.7 Å². The highest BCUT2D eigenvalue weighted by molar-refractivity contribution is 6.22. The van der Waals surface area contributed by atoms with Gasteiger partial charge in [-0.15, -0.1) is 0 Å². The van der Waals surface area contributed by atoms with E-state index in [0.717, 1.165) is 29.0 Å². The minimum Gasteiger partial charge on any atom is -0.248 e. The first-order valence-corrected chi connectivity index (χ1v) is 19.8. The minimum absolute atomic E-state index is 0.146. The molecule has 0 bridgehead atoms. The number of hydrogen-bond acceptors (Lipinski definition) is 1. The standard InChI is InChI=1S/C55H45N/c1-38-17-15-28-52-51(37-38)53(39(2)55(52,47-22-9-5-10-23-47)48-24-11-6-12-25-48)54(50-27-16-21-46-20-13-14-26-49(46)50)56-40(3)41-29-31-44(32-30-41)45-35-33-43(34-36-45)42-18-7-4-8-19-42/h4-36,38,51H,3,37H2,1-2H3/b56-54-. The predicted octanol–water partition coefficient (Wildman–Crippen LogP) is 14.1. The molecule has 0 amide bonds. The lowest BCUT2D eigenvalue weighted by atomic mass is 9.66. The summed E-state index contributed by atoms with van der Waals surface area (Å²) in [5, 5.41) is 2.39. The van der Waals surface area contributed by atoms with Crippen molar-refractivity contribution in [2.24, 2.45) is 16.8 Å². The fourth-order valence-corrected chi connectivity index (χ4v) is 9.27. The summed E-state index contributed by atoms with van der Waals surface area (Å²) in [5.41, 5.74) is 14.8. The molecule has 0 heterocycles. The molecule has 0 aromatic heterocycles. The number of fused-ring (bicyclic) bond motifs is 2. The smallest absolute Gasteiger partial charge is 0.0753 e. The molecule has 7 aromatic rings. The molecule has 0 fully saturated rings. The predicted molar refractivity (Wildman–Crippen MR) is 238 cm³/mol. The van der Waals surface area contributed by atoms with Gasteiger partial charge in [0.1, 0.15) is 0 Å². The molecule has 1 heteroatoms. The third-order valence-corrected chi connectivity index (χ3v) is 12.0. The van der Waals surface area contributed by atoms with Crippen LogP contribution in [0.4, 0.5) is 0 Å². The Bertz CT molecular complexity index is 2610. The van der Waals surface area contributed by atoms with Crippen LogP contribution in [0.1, 0.15) is 42.5 Å². The van der Waals surface area contributed by atoms with Crippen LogP contribution in [0.2, 0.25) is 0 Å². The van der Waals surface area contributed by atoms with Crippen molar-refractivity contribution in [1.29, 1.82) is 0 Å². The highest BCUT2D eigenvalue weighted by Crippen LogP contribution is 2.58. The van der Waals surface area contributed by atoms with Gasteiger partial charge in [0, 0.05) is 11.5 Å². The van der Waals surface area contributed by atoms with Crippen LogP contribution in [0, 0.1) is 11.8 Å². The zero-order valence-electron chi connectivity index (χ0n) is 32.1. The highest BCUT2D eigenvalue weighted by Gasteiger charge is 2.51. The van der Waals surface area contributed by atoms with Crippen LogP contribution in [-0.4, -0.2) is 5.71 Å². The van der Waals surface area contributed by atoms with Crippen molar-refractivity contribution in [2.45, 2.75) is 25.7 Å². The lowest BCUT2D eigenvalue weighted by Crippen LogP contribution is -2.30. The maximum Gasteiger partial charge on any atom is 0.0753 e. The molecule has 0 saturated heterocycles. The van der Waals surface area contributed by atoms with Crippen LogP contribution >= 0.6 is 0 Å². The summed E-state index contributed by atoms with van der Waals surface area (Å²) in [6.45, 7) is 9.37. The third-order valence-electron chi connectivity index (χ3n) is 12.0. The Morgan fingerprint density at radius 2 is 1.11 bits per heavy atom. The monoisotopic (exact) mass is 719 g/mol. The van der Waals surface area contributed by atoms with Crippen LogP contribution in [0.5, 0.6) is 0 Å². The molecule has 0 saturated carbocycles. The number of benzene rings is 7. The maximum absolute atomic E-state index is 5.66. The molecule has 0 radical (unpaired) electrons. The summed E-state index contributed by atoms with van der Waals surface area (Å²) in [5.74, 6) is 0.539. The van der Waals surface area contributed by atoms with Crippen LogP contribution in [0.25, 0.3) is 38.7 Å². The molecule has 0 spiro atoms. The lowest BCUT2D eigenvalue weighted by Gasteiger charge is -2.36. The van der Waals surface area contributed by atoms with Crippen LogP contribution in [0.15, 0.2) is 229 Å². The van der Waals surface area contributed by atoms with E-state index in [1.54, 1.807) is 0 Å². The van der Waals surface area contributed by atoms with Gasteiger partial charge in [0.25, 0.3) is 0 Å². The zero-order chi connectivity index (χ0) is 38.1. The molecule has 0 N–H and O–H groups in total. The Labute approximate surface area is 331 Å². The number of nitrogens with zero attached hydrogens (tertiary/aromatic N) is 1. The summed E-state index contributed by atoms with van der Waals surface area (Å²) in [7, 11) is 0. The average Bonchev–Trinajstić information content (AvgIpc) is 3.34. The number of hydrogen-bond donors (Lipinski definition) is 0. The summed E-state index contributed by atoms with van der Waals surface area (Å²) in [6, 6.07) is 65.6. The van der Waals surface area contributed by atoms with E-state index in [1.807, 2.05) is 0 Å². The molecular formula is C55H45N. The molecule has 56 heavy (non-hydrogen) atoms. The number of aliphatic imine (C=N–C) groups is 1. The molecule has 9 rings (SSSR count). The van der Waals surface area contributed by atoms with Crippen molar-refractivity contribution in [1.82, 2.24) is 0 Å². The van der Waals surface area contributed by atoms with E-state index in [0.29, 0.717) is 5.92 Å². The van der Waals surface area contributed by atoms with Crippen molar-refractivity contribution in [2.75, 3.05) is 0 Å². The third kappa shape index (κ3) is 6.20. The summed E-state index contributed by atoms with van der Waals surface area (Å²) in [6.07, 6.45) is 8.06. The average molecular weight is 720 g/mol. The van der Waals surface area contributed by atoms with Gasteiger partial charge in [-0.3, -0.25) is 0 Å². The second kappa shape index (κ2) is 14.9. The topological polar surface area (TPSA) is 12.4 Å². The first kappa shape index (κ1) is 35.2. The molecular weight excluding hydrogens is 675 g/mol. The molecule has 7 aromatic carbocycles. The maximum atomic E-state index is 5.66. The van der Waals surface area contributed by atoms with Crippen molar-refractivity contribution in [3.8, 4) is 22.3 Å². The van der Waals surface area contributed by atoms with E-state index in [2.05, 4.69) is 221 Å². The molecule has 2 unspecified atom stereocenters. The molecule has 2 aliphatic carbocycles. The van der Waals surface area contributed by atoms with Gasteiger partial charge in [0.05, 0.1) is 16.8 Å². The van der Waals surface area contributed by atoms with Gasteiger partial charge in [-0.2, -0.15) is 0 Å². The van der Waals surface area contributed by atoms with Gasteiger partial charge in [-0.1, -0.05) is 214 Å². The summed E-state index contributed by atoms with van der Waals surface area (Å²) in [4.78, 5) is 5.66.